The van der Waals surface area contributed by atoms with Crippen molar-refractivity contribution in [3.8, 4) is 11.5 Å². The lowest BCUT2D eigenvalue weighted by atomic mass is 10.0. The van der Waals surface area contributed by atoms with Crippen molar-refractivity contribution in [1.82, 2.24) is 40.7 Å². The minimum atomic E-state index is -1.33. The number of carboxylic acids is 1. The van der Waals surface area contributed by atoms with Gasteiger partial charge >= 0.3 is 5.97 Å². The summed E-state index contributed by atoms with van der Waals surface area (Å²) in [6.45, 7) is 0.951. The first-order valence-corrected chi connectivity index (χ1v) is 15.5. The largest absolute Gasteiger partial charge is 0.508 e. The van der Waals surface area contributed by atoms with Crippen LogP contribution in [0.15, 0.2) is 51.7 Å². The Bertz CT molecular complexity index is 1760. The van der Waals surface area contributed by atoms with Gasteiger partial charge in [-0.05, 0) is 40.6 Å². The van der Waals surface area contributed by atoms with Crippen molar-refractivity contribution in [2.75, 3.05) is 18.1 Å². The highest BCUT2D eigenvalue weighted by Crippen LogP contribution is 2.41. The number of benzene rings is 1. The number of pyridine rings is 1. The molecule has 3 amide bonds. The quantitative estimate of drug-likeness (QED) is 0.137. The van der Waals surface area contributed by atoms with Gasteiger partial charge in [-0.2, -0.15) is 0 Å². The fraction of sp³-hybridized carbons (Fsp3) is 0.308. The molecule has 0 saturated carbocycles. The molecule has 5 N–H and O–H groups in total. The number of fused-ring (bicyclic) bond motifs is 1. The fourth-order valence-electron chi connectivity index (χ4n) is 4.53. The standard InChI is InChI=1S/C26H25ClN8O8S2/c1-11-17(27)21(38)15(7-28-11)43-8-16(37)29-18(12-3-5-14(36)6-4-12)22(39)30-19-23(40)35-20(25(41)42)13(9-44-24(19)35)10-45-26-31-32-33-34(26)2/h3-7,18-19,24,36H,8-10H2,1-2H3,(H,28,38)(H,29,37)(H,30,39)(H,41,42)/t18?,19?,24-/m1/s1. The Labute approximate surface area is 267 Å². The number of hydrogen-bond acceptors (Lipinski definition) is 12. The van der Waals surface area contributed by atoms with Crippen molar-refractivity contribution in [3.63, 3.8) is 0 Å². The average Bonchev–Trinajstić information content (AvgIpc) is 3.43. The lowest BCUT2D eigenvalue weighted by molar-refractivity contribution is -0.151. The number of nitrogens with zero attached hydrogens (tertiary/aromatic N) is 5. The lowest BCUT2D eigenvalue weighted by Crippen LogP contribution is -2.71. The van der Waals surface area contributed by atoms with Crippen LogP contribution in [0.1, 0.15) is 17.3 Å². The Kier molecular flexibility index (Phi) is 9.35. The molecular weight excluding hydrogens is 652 g/mol. The zero-order valence-corrected chi connectivity index (χ0v) is 25.9. The van der Waals surface area contributed by atoms with Crippen LogP contribution in [0.4, 0.5) is 0 Å². The van der Waals surface area contributed by atoms with E-state index in [2.05, 4.69) is 31.1 Å². The normalized spacial score (nSPS) is 18.1. The number of nitrogens with one attached hydrogen (secondary N) is 3. The third kappa shape index (κ3) is 6.62. The van der Waals surface area contributed by atoms with Crippen LogP contribution in [0.3, 0.4) is 0 Å². The lowest BCUT2D eigenvalue weighted by Gasteiger charge is -2.49. The summed E-state index contributed by atoms with van der Waals surface area (Å²) in [6.07, 6.45) is 1.26. The van der Waals surface area contributed by atoms with E-state index < -0.39 is 53.2 Å². The van der Waals surface area contributed by atoms with Crippen molar-refractivity contribution in [3.05, 3.63) is 68.2 Å². The van der Waals surface area contributed by atoms with Gasteiger partial charge in [0.2, 0.25) is 16.5 Å². The van der Waals surface area contributed by atoms with Gasteiger partial charge in [-0.25, -0.2) is 9.48 Å². The molecule has 45 heavy (non-hydrogen) atoms. The van der Waals surface area contributed by atoms with Gasteiger partial charge in [-0.1, -0.05) is 35.5 Å². The zero-order chi connectivity index (χ0) is 32.4. The third-order valence-electron chi connectivity index (χ3n) is 6.83. The second-order valence-corrected chi connectivity index (χ2v) is 12.3. The Balaban J connectivity index is 1.29. The number of H-pyrrole nitrogens is 1. The van der Waals surface area contributed by atoms with E-state index in [1.165, 1.54) is 58.7 Å². The molecule has 2 unspecified atom stereocenters. The highest BCUT2D eigenvalue weighted by molar-refractivity contribution is 8.01. The maximum atomic E-state index is 13.5. The molecule has 1 fully saturated rings. The van der Waals surface area contributed by atoms with Crippen LogP contribution in [0.25, 0.3) is 0 Å². The molecule has 0 aliphatic carbocycles. The molecule has 0 bridgehead atoms. The Morgan fingerprint density at radius 1 is 1.27 bits per heavy atom. The maximum Gasteiger partial charge on any atom is 0.352 e. The second-order valence-electron chi connectivity index (χ2n) is 9.83. The number of carbonyl (C=O) groups excluding carboxylic acids is 3. The van der Waals surface area contributed by atoms with Gasteiger partial charge in [0.1, 0.15) is 33.9 Å². The summed E-state index contributed by atoms with van der Waals surface area (Å²) in [4.78, 5) is 68.0. The Hall–Kier alpha value is -4.55. The minimum absolute atomic E-state index is 0.0798. The summed E-state index contributed by atoms with van der Waals surface area (Å²) in [5.74, 6) is -3.22. The highest BCUT2D eigenvalue weighted by Gasteiger charge is 2.54. The van der Waals surface area contributed by atoms with Crippen molar-refractivity contribution in [1.29, 1.82) is 0 Å². The number of thioether (sulfide) groups is 2. The Morgan fingerprint density at radius 2 is 2.00 bits per heavy atom. The van der Waals surface area contributed by atoms with E-state index in [0.717, 1.165) is 4.90 Å². The molecule has 19 heteroatoms. The molecule has 4 heterocycles. The van der Waals surface area contributed by atoms with Crippen molar-refractivity contribution < 1.29 is 34.1 Å². The summed E-state index contributed by atoms with van der Waals surface area (Å²) in [7, 11) is 1.65. The zero-order valence-electron chi connectivity index (χ0n) is 23.5. The number of ether oxygens (including phenoxy) is 1. The summed E-state index contributed by atoms with van der Waals surface area (Å²) in [5.41, 5.74) is 0.414. The van der Waals surface area contributed by atoms with Crippen LogP contribution in [0.2, 0.25) is 5.02 Å². The summed E-state index contributed by atoms with van der Waals surface area (Å²) < 4.78 is 6.76. The molecular formula is C26H25ClN8O8S2. The molecule has 5 rings (SSSR count). The van der Waals surface area contributed by atoms with Gasteiger partial charge in [-0.15, -0.1) is 16.9 Å². The van der Waals surface area contributed by atoms with Crippen LogP contribution in [-0.4, -0.2) is 93.5 Å². The molecule has 1 aromatic carbocycles. The van der Waals surface area contributed by atoms with Crippen LogP contribution in [0, 0.1) is 6.92 Å². The van der Waals surface area contributed by atoms with Crippen LogP contribution in [-0.2, 0) is 26.2 Å². The van der Waals surface area contributed by atoms with Gasteiger partial charge < -0.3 is 30.6 Å². The van der Waals surface area contributed by atoms with Gasteiger partial charge in [0.25, 0.3) is 11.8 Å². The van der Waals surface area contributed by atoms with Gasteiger partial charge in [0.15, 0.2) is 12.4 Å². The minimum Gasteiger partial charge on any atom is -0.508 e. The number of phenols is 1. The number of rotatable bonds is 11. The average molecular weight is 677 g/mol. The monoisotopic (exact) mass is 676 g/mol. The van der Waals surface area contributed by atoms with Gasteiger partial charge in [-0.3, -0.25) is 24.1 Å². The first-order valence-electron chi connectivity index (χ1n) is 13.1. The van der Waals surface area contributed by atoms with Crippen LogP contribution in [0.5, 0.6) is 11.5 Å². The van der Waals surface area contributed by atoms with E-state index in [-0.39, 0.29) is 39.3 Å². The predicted octanol–water partition coefficient (Wildman–Crippen LogP) is 0.333. The molecule has 2 aliphatic rings. The molecule has 3 aromatic rings. The predicted molar refractivity (Wildman–Crippen MR) is 161 cm³/mol. The number of carboxylic acid groups (broad SMARTS) is 1. The first-order chi connectivity index (χ1) is 21.5. The van der Waals surface area contributed by atoms with Crippen molar-refractivity contribution in [2.24, 2.45) is 7.05 Å². The molecule has 1 saturated heterocycles. The van der Waals surface area contributed by atoms with Crippen LogP contribution < -0.4 is 20.8 Å². The number of hydrogen-bond donors (Lipinski definition) is 5. The number of aromatic hydroxyl groups is 1. The van der Waals surface area contributed by atoms with E-state index in [4.69, 9.17) is 16.3 Å². The Morgan fingerprint density at radius 3 is 2.67 bits per heavy atom. The molecule has 16 nitrogen and oxygen atoms in total. The molecule has 2 aliphatic heterocycles. The number of halogens is 1. The van der Waals surface area contributed by atoms with Crippen LogP contribution >= 0.6 is 35.1 Å². The van der Waals surface area contributed by atoms with Crippen molar-refractivity contribution >= 4 is 58.8 Å². The summed E-state index contributed by atoms with van der Waals surface area (Å²) in [5, 5.41) is 35.7. The number of aliphatic carboxylic acids is 1. The molecule has 3 atom stereocenters. The topological polar surface area (TPSA) is 222 Å². The van der Waals surface area contributed by atoms with Gasteiger partial charge in [0.05, 0.1) is 0 Å². The SMILES string of the molecule is Cc1[nH]cc(OCC(=O)NC(C(=O)NC2C(=O)N3C(C(=O)O)=C(CSc4nnnn4C)CS[C@H]23)c2ccc(O)cc2)c(=O)c1Cl. The highest BCUT2D eigenvalue weighted by atomic mass is 35.5. The number of β-lactam (4-membered cyclic amide) rings is 1. The molecule has 0 radical (unpaired) electrons. The summed E-state index contributed by atoms with van der Waals surface area (Å²) >= 11 is 8.46. The number of tetrazole rings is 1. The smallest absolute Gasteiger partial charge is 0.352 e. The van der Waals surface area contributed by atoms with Crippen molar-refractivity contribution in [2.45, 2.75) is 29.5 Å². The first kappa shape index (κ1) is 31.9. The number of carbonyl (C=O) groups is 4. The number of aromatic amines is 1. The van der Waals surface area contributed by atoms with E-state index in [9.17, 15) is 34.2 Å². The maximum absolute atomic E-state index is 13.5. The number of amides is 3. The van der Waals surface area contributed by atoms with E-state index in [0.29, 0.717) is 16.4 Å². The van der Waals surface area contributed by atoms with Gasteiger partial charge in [0, 0.05) is 30.4 Å². The number of aryl methyl sites for hydroxylation is 2. The molecule has 0 spiro atoms. The van der Waals surface area contributed by atoms with E-state index in [1.807, 2.05) is 0 Å². The van der Waals surface area contributed by atoms with E-state index in [1.54, 1.807) is 14.0 Å². The molecule has 2 aromatic heterocycles. The fourth-order valence-corrected chi connectivity index (χ4v) is 7.01. The summed E-state index contributed by atoms with van der Waals surface area (Å²) in [6, 6.07) is 3.06. The molecule has 236 valence electrons. The number of phenolic OH excluding ortho intramolecular Hbond substituents is 1. The third-order valence-corrected chi connectivity index (χ3v) is 9.72. The second kappa shape index (κ2) is 13.2. The number of aromatic nitrogens is 5. The van der Waals surface area contributed by atoms with E-state index >= 15 is 0 Å².